The average Bonchev–Trinajstić information content (AvgIpc) is 2.14. The van der Waals surface area contributed by atoms with E-state index in [1.54, 1.807) is 6.92 Å². The molecule has 0 saturated heterocycles. The lowest BCUT2D eigenvalue weighted by molar-refractivity contribution is -0.264. The summed E-state index contributed by atoms with van der Waals surface area (Å²) in [5, 5.41) is 15.2. The molecule has 0 aliphatic rings. The van der Waals surface area contributed by atoms with Gasteiger partial charge in [-0.3, -0.25) is 4.89 Å². The van der Waals surface area contributed by atoms with Crippen LogP contribution in [0.1, 0.15) is 6.92 Å². The van der Waals surface area contributed by atoms with E-state index in [4.69, 9.17) is 10.2 Å². The van der Waals surface area contributed by atoms with Crippen molar-refractivity contribution in [1.29, 1.82) is 0 Å². The van der Waals surface area contributed by atoms with Gasteiger partial charge in [-0.25, -0.2) is 4.79 Å². The number of hydrogen-bond donors (Lipinski definition) is 2. The van der Waals surface area contributed by atoms with Gasteiger partial charge in [0.25, 0.3) is 0 Å². The molecule has 0 amide bonds. The van der Waals surface area contributed by atoms with E-state index in [0.29, 0.717) is 6.61 Å². The van der Waals surface area contributed by atoms with E-state index in [-0.39, 0.29) is 13.2 Å². The lowest BCUT2D eigenvalue weighted by Crippen LogP contribution is -2.00. The van der Waals surface area contributed by atoms with Gasteiger partial charge < -0.3 is 10.2 Å². The fourth-order valence-corrected chi connectivity index (χ4v) is 0.151. The van der Waals surface area contributed by atoms with E-state index >= 15 is 0 Å². The largest absolute Gasteiger partial charge is 0.394 e. The molecule has 0 aromatic rings. The van der Waals surface area contributed by atoms with E-state index < -0.39 is 5.97 Å². The molecule has 0 bridgehead atoms. The minimum absolute atomic E-state index is 0.125. The highest BCUT2D eigenvalue weighted by molar-refractivity contribution is 5.80. The van der Waals surface area contributed by atoms with Gasteiger partial charge in [0.05, 0.1) is 19.8 Å². The smallest absolute Gasteiger partial charge is 0.365 e. The van der Waals surface area contributed by atoms with Crippen LogP contribution in [-0.4, -0.2) is 36.0 Å². The molecule has 5 nitrogen and oxygen atoms in total. The van der Waals surface area contributed by atoms with Gasteiger partial charge in [0.2, 0.25) is 0 Å². The third-order valence-electron chi connectivity index (χ3n) is 0.526. The third-order valence-corrected chi connectivity index (χ3v) is 0.526. The van der Waals surface area contributed by atoms with Crippen molar-refractivity contribution in [2.75, 3.05) is 19.8 Å². The molecular weight excluding hydrogens is 164 g/mol. The number of aliphatic hydroxyl groups excluding tert-OH is 2. The van der Waals surface area contributed by atoms with Crippen LogP contribution in [0.2, 0.25) is 0 Å². The van der Waals surface area contributed by atoms with Crippen LogP contribution in [0, 0.1) is 0 Å². The van der Waals surface area contributed by atoms with Crippen LogP contribution in [0.4, 0.5) is 0 Å². The highest BCUT2D eigenvalue weighted by atomic mass is 17.2. The summed E-state index contributed by atoms with van der Waals surface area (Å²) in [6.07, 6.45) is 1.04. The minimum atomic E-state index is -0.563. The highest BCUT2D eigenvalue weighted by Crippen LogP contribution is 1.79. The second-order valence-corrected chi connectivity index (χ2v) is 1.46. The quantitative estimate of drug-likeness (QED) is 0.349. The Morgan fingerprint density at radius 3 is 2.25 bits per heavy atom. The van der Waals surface area contributed by atoms with Crippen molar-refractivity contribution in [2.45, 2.75) is 6.92 Å². The number of hydrogen-bond acceptors (Lipinski definition) is 5. The van der Waals surface area contributed by atoms with Crippen molar-refractivity contribution in [3.63, 3.8) is 0 Å². The lowest BCUT2D eigenvalue weighted by atomic mass is 10.7. The summed E-state index contributed by atoms with van der Waals surface area (Å²) in [7, 11) is 0. The van der Waals surface area contributed by atoms with Crippen molar-refractivity contribution in [1.82, 2.24) is 0 Å². The molecule has 0 aliphatic heterocycles. The molecule has 12 heavy (non-hydrogen) atoms. The predicted molar refractivity (Wildman–Crippen MR) is 42.1 cm³/mol. The first-order chi connectivity index (χ1) is 5.72. The van der Waals surface area contributed by atoms with Crippen LogP contribution in [0.25, 0.3) is 0 Å². The Labute approximate surface area is 71.2 Å². The first-order valence-electron chi connectivity index (χ1n) is 3.40. The van der Waals surface area contributed by atoms with Gasteiger partial charge in [-0.15, -0.1) is 0 Å². The minimum Gasteiger partial charge on any atom is -0.394 e. The van der Waals surface area contributed by atoms with Gasteiger partial charge in [0, 0.05) is 6.08 Å². The molecule has 0 unspecified atom stereocenters. The van der Waals surface area contributed by atoms with Crippen LogP contribution < -0.4 is 0 Å². The first-order valence-corrected chi connectivity index (χ1v) is 3.40. The molecule has 5 heteroatoms. The van der Waals surface area contributed by atoms with Gasteiger partial charge in [-0.05, 0) is 6.92 Å². The Balaban J connectivity index is 0. The summed E-state index contributed by atoms with van der Waals surface area (Å²) < 4.78 is 0. The molecule has 0 heterocycles. The third kappa shape index (κ3) is 16.0. The summed E-state index contributed by atoms with van der Waals surface area (Å²) in [6.45, 7) is 4.99. The van der Waals surface area contributed by atoms with Crippen molar-refractivity contribution in [2.24, 2.45) is 0 Å². The van der Waals surface area contributed by atoms with Crippen LogP contribution in [0.3, 0.4) is 0 Å². The van der Waals surface area contributed by atoms with Crippen LogP contribution >= 0.6 is 0 Å². The van der Waals surface area contributed by atoms with E-state index in [2.05, 4.69) is 16.4 Å². The topological polar surface area (TPSA) is 76.0 Å². The Morgan fingerprint density at radius 2 is 2.00 bits per heavy atom. The maximum Gasteiger partial charge on any atom is 0.365 e. The summed E-state index contributed by atoms with van der Waals surface area (Å²) >= 11 is 0. The highest BCUT2D eigenvalue weighted by Gasteiger charge is 1.91. The van der Waals surface area contributed by atoms with Gasteiger partial charge in [0.15, 0.2) is 0 Å². The molecule has 0 fully saturated rings. The van der Waals surface area contributed by atoms with E-state index in [0.717, 1.165) is 6.08 Å². The summed E-state index contributed by atoms with van der Waals surface area (Å²) in [6, 6.07) is 0. The molecule has 0 aromatic carbocycles. The normalized spacial score (nSPS) is 7.92. The second kappa shape index (κ2) is 12.7. The van der Waals surface area contributed by atoms with Crippen LogP contribution in [-0.2, 0) is 14.6 Å². The average molecular weight is 178 g/mol. The Hall–Kier alpha value is -0.910. The molecule has 0 radical (unpaired) electrons. The maximum absolute atomic E-state index is 10.1. The maximum atomic E-state index is 10.1. The molecule has 2 N–H and O–H groups in total. The van der Waals surface area contributed by atoms with Gasteiger partial charge in [-0.2, -0.15) is 4.89 Å². The molecule has 0 aliphatic carbocycles. The number of aliphatic hydroxyl groups is 2. The van der Waals surface area contributed by atoms with Crippen LogP contribution in [0.5, 0.6) is 0 Å². The van der Waals surface area contributed by atoms with E-state index in [1.807, 2.05) is 0 Å². The number of rotatable bonds is 4. The molecule has 0 spiro atoms. The number of carbonyl (C=O) groups is 1. The summed E-state index contributed by atoms with van der Waals surface area (Å²) in [5.41, 5.74) is 0. The fourth-order valence-electron chi connectivity index (χ4n) is 0.151. The van der Waals surface area contributed by atoms with Crippen molar-refractivity contribution >= 4 is 5.97 Å². The zero-order valence-corrected chi connectivity index (χ0v) is 7.02. The summed E-state index contributed by atoms with van der Waals surface area (Å²) in [4.78, 5) is 18.5. The molecule has 0 atom stereocenters. The first kappa shape index (κ1) is 13.7. The predicted octanol–water partition coefficient (Wildman–Crippen LogP) is -0.362. The zero-order chi connectivity index (χ0) is 9.82. The second-order valence-electron chi connectivity index (χ2n) is 1.46. The van der Waals surface area contributed by atoms with Gasteiger partial charge in [-0.1, -0.05) is 6.58 Å². The van der Waals surface area contributed by atoms with Gasteiger partial charge in [0.1, 0.15) is 0 Å². The fraction of sp³-hybridized carbons (Fsp3) is 0.571. The lowest BCUT2D eigenvalue weighted by Gasteiger charge is -1.93. The van der Waals surface area contributed by atoms with Crippen molar-refractivity contribution in [3.8, 4) is 0 Å². The van der Waals surface area contributed by atoms with E-state index in [1.165, 1.54) is 0 Å². The number of carbonyl (C=O) groups excluding carboxylic acids is 1. The Bertz CT molecular complexity index is 110. The standard InChI is InChI=1S/C5H8O3.C2H6O2/c1-3-5(6)8-7-4-2;3-1-2-4/h3H,1,4H2,2H3;3-4H,1-2H2. The van der Waals surface area contributed by atoms with Gasteiger partial charge >= 0.3 is 5.97 Å². The Morgan fingerprint density at radius 1 is 1.50 bits per heavy atom. The monoisotopic (exact) mass is 178 g/mol. The zero-order valence-electron chi connectivity index (χ0n) is 7.02. The van der Waals surface area contributed by atoms with Crippen LogP contribution in [0.15, 0.2) is 12.7 Å². The molecular formula is C7H14O5. The SMILES string of the molecule is C=CC(=O)OOCC.OCCO. The van der Waals surface area contributed by atoms with E-state index in [9.17, 15) is 4.79 Å². The molecule has 72 valence electrons. The van der Waals surface area contributed by atoms with Crippen molar-refractivity contribution < 1.29 is 24.8 Å². The summed E-state index contributed by atoms with van der Waals surface area (Å²) in [5.74, 6) is -0.563. The van der Waals surface area contributed by atoms with Crippen molar-refractivity contribution in [3.05, 3.63) is 12.7 Å². The molecule has 0 rings (SSSR count). The Kier molecular flexibility index (Phi) is 14.5. The molecule has 0 aromatic heterocycles. The molecule has 0 saturated carbocycles.